The van der Waals surface area contributed by atoms with Gasteiger partial charge >= 0.3 is 17.9 Å². The van der Waals surface area contributed by atoms with Crippen LogP contribution < -0.4 is 0 Å². The number of hydrogen-bond acceptors (Lipinski definition) is 6. The highest BCUT2D eigenvalue weighted by atomic mass is 16.6. The second-order valence-corrected chi connectivity index (χ2v) is 17.9. The molecule has 0 aliphatic carbocycles. The van der Waals surface area contributed by atoms with Gasteiger partial charge in [-0.05, 0) is 96.3 Å². The summed E-state index contributed by atoms with van der Waals surface area (Å²) in [5.41, 5.74) is 0. The monoisotopic (exact) mass is 941 g/mol. The molecular weight excluding hydrogens is 841 g/mol. The van der Waals surface area contributed by atoms with Crippen LogP contribution in [-0.2, 0) is 28.6 Å². The maximum Gasteiger partial charge on any atom is 0.306 e. The zero-order chi connectivity index (χ0) is 49.3. The third-order valence-corrected chi connectivity index (χ3v) is 11.3. The van der Waals surface area contributed by atoms with Crippen molar-refractivity contribution in [3.8, 4) is 0 Å². The Morgan fingerprint density at radius 3 is 1.07 bits per heavy atom. The number of esters is 3. The lowest BCUT2D eigenvalue weighted by molar-refractivity contribution is -0.167. The van der Waals surface area contributed by atoms with Gasteiger partial charge in [-0.15, -0.1) is 0 Å². The van der Waals surface area contributed by atoms with Gasteiger partial charge in [-0.25, -0.2) is 0 Å². The Bertz CT molecular complexity index is 1450. The quantitative estimate of drug-likeness (QED) is 0.0199. The molecule has 0 aliphatic rings. The summed E-state index contributed by atoms with van der Waals surface area (Å²) < 4.78 is 16.8. The van der Waals surface area contributed by atoms with E-state index in [-0.39, 0.29) is 37.5 Å². The Hall–Kier alpha value is -4.19. The minimum absolute atomic E-state index is 0.120. The van der Waals surface area contributed by atoms with Crippen LogP contribution in [0.1, 0.15) is 233 Å². The van der Waals surface area contributed by atoms with Gasteiger partial charge in [0.15, 0.2) is 6.10 Å². The van der Waals surface area contributed by atoms with Crippen molar-refractivity contribution >= 4 is 17.9 Å². The molecule has 0 radical (unpaired) electrons. The molecule has 6 nitrogen and oxygen atoms in total. The Morgan fingerprint density at radius 2 is 0.647 bits per heavy atom. The van der Waals surface area contributed by atoms with Crippen LogP contribution in [0.5, 0.6) is 0 Å². The van der Waals surface area contributed by atoms with Crippen molar-refractivity contribution in [1.82, 2.24) is 0 Å². The molecule has 0 amide bonds. The first-order valence-corrected chi connectivity index (χ1v) is 27.6. The molecule has 0 N–H and O–H groups in total. The second-order valence-electron chi connectivity index (χ2n) is 17.9. The Labute approximate surface area is 418 Å². The molecule has 0 saturated carbocycles. The fourth-order valence-electron chi connectivity index (χ4n) is 7.17. The normalized spacial score (nSPS) is 13.0. The summed E-state index contributed by atoms with van der Waals surface area (Å²) >= 11 is 0. The molecule has 0 fully saturated rings. The van der Waals surface area contributed by atoms with Crippen molar-refractivity contribution in [3.05, 3.63) is 122 Å². The Balaban J connectivity index is 4.56. The first kappa shape index (κ1) is 63.8. The van der Waals surface area contributed by atoms with Crippen molar-refractivity contribution in [2.45, 2.75) is 239 Å². The van der Waals surface area contributed by atoms with Gasteiger partial charge in [0.25, 0.3) is 0 Å². The van der Waals surface area contributed by atoms with Crippen molar-refractivity contribution in [3.63, 3.8) is 0 Å². The summed E-state index contributed by atoms with van der Waals surface area (Å²) in [6.07, 6.45) is 76.1. The van der Waals surface area contributed by atoms with E-state index in [0.29, 0.717) is 19.3 Å². The van der Waals surface area contributed by atoms with E-state index in [1.807, 2.05) is 24.3 Å². The standard InChI is InChI=1S/C62H100O6/c1-4-7-10-13-16-19-22-25-28-30-32-34-37-40-43-46-49-52-55-61(64)67-58-59(57-66-60(63)54-51-48-45-42-39-36-33-27-24-21-18-15-12-9-6-3)68-62(65)56-53-50-47-44-41-38-35-31-29-26-23-20-17-14-11-8-5-2/h9,12,15,18,21-22,24-30,32-35,38,44,47,59H,4-8,10-11,13-14,16-17,19-20,23,31,36-37,39-43,45-46,48-58H2,1-3H3/b12-9-,18-15-,24-21-,25-22-,29-26-,30-28-,33-27-,34-32-,38-35-,47-44-. The maximum absolute atomic E-state index is 12.8. The lowest BCUT2D eigenvalue weighted by Crippen LogP contribution is -2.30. The van der Waals surface area contributed by atoms with Crippen LogP contribution in [-0.4, -0.2) is 37.2 Å². The van der Waals surface area contributed by atoms with Crippen molar-refractivity contribution < 1.29 is 28.6 Å². The van der Waals surface area contributed by atoms with Crippen molar-refractivity contribution in [1.29, 1.82) is 0 Å². The molecule has 0 bridgehead atoms. The lowest BCUT2D eigenvalue weighted by atomic mass is 10.1. The molecular formula is C62H100O6. The Kier molecular flexibility index (Phi) is 52.0. The number of rotatable bonds is 48. The van der Waals surface area contributed by atoms with Crippen LogP contribution in [0, 0.1) is 0 Å². The molecule has 6 heteroatoms. The van der Waals surface area contributed by atoms with E-state index in [4.69, 9.17) is 14.2 Å². The van der Waals surface area contributed by atoms with Crippen LogP contribution in [0.2, 0.25) is 0 Å². The predicted molar refractivity (Wildman–Crippen MR) is 293 cm³/mol. The van der Waals surface area contributed by atoms with E-state index in [1.54, 1.807) is 0 Å². The van der Waals surface area contributed by atoms with Gasteiger partial charge in [-0.1, -0.05) is 239 Å². The molecule has 384 valence electrons. The van der Waals surface area contributed by atoms with E-state index in [2.05, 4.69) is 118 Å². The largest absolute Gasteiger partial charge is 0.462 e. The van der Waals surface area contributed by atoms with Crippen LogP contribution in [0.15, 0.2) is 122 Å². The summed E-state index contributed by atoms with van der Waals surface area (Å²) in [4.78, 5) is 38.1. The van der Waals surface area contributed by atoms with Gasteiger partial charge in [-0.2, -0.15) is 0 Å². The first-order chi connectivity index (χ1) is 33.5. The number of hydrogen-bond donors (Lipinski definition) is 0. The third kappa shape index (κ3) is 52.8. The molecule has 0 rings (SSSR count). The fourth-order valence-corrected chi connectivity index (χ4v) is 7.17. The van der Waals surface area contributed by atoms with E-state index in [9.17, 15) is 14.4 Å². The van der Waals surface area contributed by atoms with Crippen LogP contribution in [0.3, 0.4) is 0 Å². The van der Waals surface area contributed by atoms with Gasteiger partial charge < -0.3 is 14.2 Å². The topological polar surface area (TPSA) is 78.9 Å². The van der Waals surface area contributed by atoms with E-state index < -0.39 is 6.10 Å². The zero-order valence-electron chi connectivity index (χ0n) is 43.8. The highest BCUT2D eigenvalue weighted by Gasteiger charge is 2.19. The maximum atomic E-state index is 12.8. The molecule has 0 aliphatic heterocycles. The smallest absolute Gasteiger partial charge is 0.306 e. The average molecular weight is 941 g/mol. The van der Waals surface area contributed by atoms with Gasteiger partial charge in [0.05, 0.1) is 0 Å². The Morgan fingerprint density at radius 1 is 0.324 bits per heavy atom. The number of allylic oxidation sites excluding steroid dienone is 20. The molecule has 0 aromatic rings. The highest BCUT2D eigenvalue weighted by Crippen LogP contribution is 2.13. The van der Waals surface area contributed by atoms with Gasteiger partial charge in [-0.3, -0.25) is 14.4 Å². The number of carbonyl (C=O) groups excluding carboxylic acids is 3. The van der Waals surface area contributed by atoms with Crippen LogP contribution >= 0.6 is 0 Å². The molecule has 1 unspecified atom stereocenters. The fraction of sp³-hybridized carbons (Fsp3) is 0.629. The van der Waals surface area contributed by atoms with Crippen molar-refractivity contribution in [2.24, 2.45) is 0 Å². The van der Waals surface area contributed by atoms with E-state index in [0.717, 1.165) is 109 Å². The number of carbonyl (C=O) groups is 3. The molecule has 68 heavy (non-hydrogen) atoms. The minimum Gasteiger partial charge on any atom is -0.462 e. The first-order valence-electron chi connectivity index (χ1n) is 27.6. The van der Waals surface area contributed by atoms with Gasteiger partial charge in [0, 0.05) is 19.3 Å². The highest BCUT2D eigenvalue weighted by molar-refractivity contribution is 5.71. The van der Waals surface area contributed by atoms with Gasteiger partial charge in [0.1, 0.15) is 13.2 Å². The molecule has 0 spiro atoms. The predicted octanol–water partition coefficient (Wildman–Crippen LogP) is 18.5. The summed E-state index contributed by atoms with van der Waals surface area (Å²) in [5, 5.41) is 0. The summed E-state index contributed by atoms with van der Waals surface area (Å²) in [6.45, 7) is 6.39. The zero-order valence-corrected chi connectivity index (χ0v) is 43.8. The molecule has 1 atom stereocenters. The van der Waals surface area contributed by atoms with E-state index >= 15 is 0 Å². The number of ether oxygens (including phenoxy) is 3. The lowest BCUT2D eigenvalue weighted by Gasteiger charge is -2.18. The van der Waals surface area contributed by atoms with Crippen LogP contribution in [0.4, 0.5) is 0 Å². The molecule has 0 saturated heterocycles. The summed E-state index contributed by atoms with van der Waals surface area (Å²) in [6, 6.07) is 0. The SMILES string of the molecule is CC\C=C/C=C\C=C/C=C\CCCCCCCC(=O)OCC(COC(=O)CCCCCCC\C=C/C=C\C=C/CCCCCCC)OC(=O)CCC/C=C\C/C=C\C/C=C\CCCCCCCC. The molecule has 0 aromatic carbocycles. The van der Waals surface area contributed by atoms with Crippen molar-refractivity contribution in [2.75, 3.05) is 13.2 Å². The van der Waals surface area contributed by atoms with Gasteiger partial charge in [0.2, 0.25) is 0 Å². The minimum atomic E-state index is -0.827. The second kappa shape index (κ2) is 55.4. The number of unbranched alkanes of at least 4 members (excludes halogenated alkanes) is 22. The van der Waals surface area contributed by atoms with Crippen LogP contribution in [0.25, 0.3) is 0 Å². The average Bonchev–Trinajstić information content (AvgIpc) is 3.34. The molecule has 0 heterocycles. The van der Waals surface area contributed by atoms with E-state index in [1.165, 1.54) is 77.0 Å². The summed E-state index contributed by atoms with van der Waals surface area (Å²) in [5.74, 6) is -1.02. The summed E-state index contributed by atoms with van der Waals surface area (Å²) in [7, 11) is 0. The molecule has 0 aromatic heterocycles. The third-order valence-electron chi connectivity index (χ3n) is 11.3.